The van der Waals surface area contributed by atoms with Gasteiger partial charge in [-0.05, 0) is 5.56 Å². The van der Waals surface area contributed by atoms with E-state index in [0.29, 0.717) is 11.3 Å². The highest BCUT2D eigenvalue weighted by molar-refractivity contribution is 6.12. The summed E-state index contributed by atoms with van der Waals surface area (Å²) in [5.41, 5.74) is 3.03. The Morgan fingerprint density at radius 2 is 2.09 bits per heavy atom. The first kappa shape index (κ1) is 14.0. The van der Waals surface area contributed by atoms with Gasteiger partial charge in [0.05, 0.1) is 17.5 Å². The molecule has 110 valence electrons. The van der Waals surface area contributed by atoms with Crippen molar-refractivity contribution in [1.82, 2.24) is 5.32 Å². The van der Waals surface area contributed by atoms with E-state index in [4.69, 9.17) is 4.84 Å². The number of nitrogens with one attached hydrogen (secondary N) is 1. The minimum Gasteiger partial charge on any atom is -0.389 e. The average molecular weight is 293 g/mol. The molecule has 5 heteroatoms. The second kappa shape index (κ2) is 6.67. The largest absolute Gasteiger partial charge is 0.389 e. The molecule has 2 heterocycles. The zero-order valence-electron chi connectivity index (χ0n) is 11.9. The van der Waals surface area contributed by atoms with E-state index in [1.165, 1.54) is 0 Å². The molecular formula is C17H15N3O2. The van der Waals surface area contributed by atoms with Crippen LogP contribution in [-0.2, 0) is 9.63 Å². The van der Waals surface area contributed by atoms with Gasteiger partial charge in [-0.25, -0.2) is 0 Å². The van der Waals surface area contributed by atoms with Crippen LogP contribution in [0.15, 0.2) is 70.1 Å². The molecule has 0 fully saturated rings. The summed E-state index contributed by atoms with van der Waals surface area (Å²) in [5, 5.41) is 6.73. The van der Waals surface area contributed by atoms with Gasteiger partial charge in [0, 0.05) is 24.4 Å². The van der Waals surface area contributed by atoms with E-state index in [0.717, 1.165) is 17.6 Å². The number of oxime groups is 1. The van der Waals surface area contributed by atoms with E-state index >= 15 is 0 Å². The van der Waals surface area contributed by atoms with Crippen LogP contribution >= 0.6 is 0 Å². The van der Waals surface area contributed by atoms with Gasteiger partial charge in [0.25, 0.3) is 5.91 Å². The summed E-state index contributed by atoms with van der Waals surface area (Å²) < 4.78 is 0. The smallest absolute Gasteiger partial charge is 0.257 e. The molecular weight excluding hydrogens is 278 g/mol. The second-order valence-corrected chi connectivity index (χ2v) is 4.77. The predicted octanol–water partition coefficient (Wildman–Crippen LogP) is 2.44. The van der Waals surface area contributed by atoms with Crippen molar-refractivity contribution in [2.75, 3.05) is 6.61 Å². The number of nitrogens with zero attached hydrogens (tertiary/aromatic N) is 2. The van der Waals surface area contributed by atoms with Crippen molar-refractivity contribution >= 4 is 23.9 Å². The number of rotatable bonds is 3. The fourth-order valence-corrected chi connectivity index (χ4v) is 2.15. The zero-order chi connectivity index (χ0) is 15.2. The fraction of sp³-hybridized carbons (Fsp3) is 0.118. The first-order valence-corrected chi connectivity index (χ1v) is 6.98. The highest BCUT2D eigenvalue weighted by Gasteiger charge is 2.16. The van der Waals surface area contributed by atoms with Crippen LogP contribution in [-0.4, -0.2) is 24.9 Å². The molecule has 0 radical (unpaired) electrons. The zero-order valence-corrected chi connectivity index (χ0v) is 11.9. The third-order valence-corrected chi connectivity index (χ3v) is 3.26. The lowest BCUT2D eigenvalue weighted by Crippen LogP contribution is -2.28. The number of amides is 1. The van der Waals surface area contributed by atoms with Gasteiger partial charge in [-0.2, -0.15) is 0 Å². The molecule has 0 bridgehead atoms. The minimum atomic E-state index is -0.211. The molecule has 1 N–H and O–H groups in total. The van der Waals surface area contributed by atoms with Crippen molar-refractivity contribution in [1.29, 1.82) is 0 Å². The average Bonchev–Trinajstić information content (AvgIpc) is 2.85. The van der Waals surface area contributed by atoms with E-state index < -0.39 is 0 Å². The standard InChI is InChI=1S/C17H15N3O2/c21-17(14-8-4-5-9-18-10-14)20-16-12-22-19-11-15(16)13-6-2-1-3-7-13/h1-4,6-11H,5,12H2,(H,20,21). The predicted molar refractivity (Wildman–Crippen MR) is 86.3 cm³/mol. The maximum atomic E-state index is 12.4. The Bertz CT molecular complexity index is 713. The number of allylic oxidation sites excluding steroid dienone is 2. The van der Waals surface area contributed by atoms with Crippen molar-refractivity contribution in [3.8, 4) is 0 Å². The van der Waals surface area contributed by atoms with E-state index in [1.54, 1.807) is 24.7 Å². The molecule has 0 saturated heterocycles. The first-order chi connectivity index (χ1) is 10.8. The summed E-state index contributed by atoms with van der Waals surface area (Å²) in [6.07, 6.45) is 9.31. The third-order valence-electron chi connectivity index (χ3n) is 3.26. The molecule has 1 amide bonds. The Morgan fingerprint density at radius 3 is 2.95 bits per heavy atom. The molecule has 2 aliphatic heterocycles. The molecule has 0 atom stereocenters. The molecule has 0 saturated carbocycles. The number of benzene rings is 1. The van der Waals surface area contributed by atoms with Gasteiger partial charge in [0.1, 0.15) is 0 Å². The summed E-state index contributed by atoms with van der Waals surface area (Å²) in [6.45, 7) is 0.229. The molecule has 3 rings (SSSR count). The van der Waals surface area contributed by atoms with Crippen LogP contribution in [0.25, 0.3) is 5.57 Å². The molecule has 2 aliphatic rings. The van der Waals surface area contributed by atoms with Crippen LogP contribution in [0.5, 0.6) is 0 Å². The molecule has 0 aliphatic carbocycles. The van der Waals surface area contributed by atoms with Crippen molar-refractivity contribution in [2.45, 2.75) is 6.42 Å². The molecule has 1 aromatic carbocycles. The highest BCUT2D eigenvalue weighted by Crippen LogP contribution is 2.19. The fourth-order valence-electron chi connectivity index (χ4n) is 2.15. The number of hydrogen-bond donors (Lipinski definition) is 1. The molecule has 0 spiro atoms. The van der Waals surface area contributed by atoms with Gasteiger partial charge in [-0.3, -0.25) is 9.79 Å². The Morgan fingerprint density at radius 1 is 1.23 bits per heavy atom. The third kappa shape index (κ3) is 3.20. The Hall–Kier alpha value is -2.95. The molecule has 0 aromatic heterocycles. The summed E-state index contributed by atoms with van der Waals surface area (Å²) in [5.74, 6) is -0.211. The van der Waals surface area contributed by atoms with Crippen LogP contribution in [0.1, 0.15) is 12.0 Å². The van der Waals surface area contributed by atoms with E-state index in [1.807, 2.05) is 36.4 Å². The summed E-state index contributed by atoms with van der Waals surface area (Å²) >= 11 is 0. The van der Waals surface area contributed by atoms with Gasteiger partial charge in [0.2, 0.25) is 0 Å². The summed E-state index contributed by atoms with van der Waals surface area (Å²) in [6, 6.07) is 9.76. The lowest BCUT2D eigenvalue weighted by Gasteiger charge is -2.16. The SMILES string of the molecule is O=C(NC1=C(c2ccccc2)C=NOC1)C1=CN=CCC=C1. The van der Waals surface area contributed by atoms with E-state index in [2.05, 4.69) is 15.5 Å². The van der Waals surface area contributed by atoms with Crippen LogP contribution in [0, 0.1) is 0 Å². The monoisotopic (exact) mass is 293 g/mol. The summed E-state index contributed by atoms with van der Waals surface area (Å²) in [4.78, 5) is 21.5. The minimum absolute atomic E-state index is 0.211. The van der Waals surface area contributed by atoms with Gasteiger partial charge < -0.3 is 10.2 Å². The second-order valence-electron chi connectivity index (χ2n) is 4.77. The van der Waals surface area contributed by atoms with Crippen molar-refractivity contribution < 1.29 is 9.63 Å². The number of carbonyl (C=O) groups excluding carboxylic acids is 1. The maximum absolute atomic E-state index is 12.4. The van der Waals surface area contributed by atoms with Gasteiger partial charge >= 0.3 is 0 Å². The Kier molecular flexibility index (Phi) is 4.25. The lowest BCUT2D eigenvalue weighted by molar-refractivity contribution is -0.116. The number of hydrogen-bond acceptors (Lipinski definition) is 4. The number of aliphatic imine (C=N–C) groups is 1. The van der Waals surface area contributed by atoms with Crippen molar-refractivity contribution in [3.05, 3.63) is 65.5 Å². The van der Waals surface area contributed by atoms with Crippen LogP contribution in [0.3, 0.4) is 0 Å². The summed E-state index contributed by atoms with van der Waals surface area (Å²) in [7, 11) is 0. The lowest BCUT2D eigenvalue weighted by atomic mass is 10.0. The molecule has 5 nitrogen and oxygen atoms in total. The normalized spacial score (nSPS) is 16.8. The number of carbonyl (C=O) groups is 1. The maximum Gasteiger partial charge on any atom is 0.257 e. The molecule has 22 heavy (non-hydrogen) atoms. The van der Waals surface area contributed by atoms with Gasteiger partial charge in [-0.15, -0.1) is 0 Å². The van der Waals surface area contributed by atoms with Crippen LogP contribution in [0.4, 0.5) is 0 Å². The van der Waals surface area contributed by atoms with Crippen LogP contribution in [0.2, 0.25) is 0 Å². The first-order valence-electron chi connectivity index (χ1n) is 6.98. The quantitative estimate of drug-likeness (QED) is 0.930. The molecule has 1 aromatic rings. The van der Waals surface area contributed by atoms with Crippen molar-refractivity contribution in [3.63, 3.8) is 0 Å². The molecule has 0 unspecified atom stereocenters. The Balaban J connectivity index is 1.87. The highest BCUT2D eigenvalue weighted by atomic mass is 16.6. The van der Waals surface area contributed by atoms with Gasteiger partial charge in [-0.1, -0.05) is 47.6 Å². The van der Waals surface area contributed by atoms with Gasteiger partial charge in [0.15, 0.2) is 6.61 Å². The van der Waals surface area contributed by atoms with E-state index in [-0.39, 0.29) is 12.5 Å². The van der Waals surface area contributed by atoms with Crippen LogP contribution < -0.4 is 5.32 Å². The Labute approximate surface area is 128 Å². The van der Waals surface area contributed by atoms with E-state index in [9.17, 15) is 4.79 Å². The topological polar surface area (TPSA) is 63.0 Å². The van der Waals surface area contributed by atoms with Crippen molar-refractivity contribution in [2.24, 2.45) is 10.1 Å².